The molecule has 0 fully saturated rings. The van der Waals surface area contributed by atoms with Gasteiger partial charge in [0.1, 0.15) is 0 Å². The monoisotopic (exact) mass is 406 g/mol. The van der Waals surface area contributed by atoms with Crippen LogP contribution >= 0.6 is 45.5 Å². The molecule has 2 aromatic rings. The highest BCUT2D eigenvalue weighted by atomic mass is 127. The zero-order chi connectivity index (χ0) is 14.0. The lowest BCUT2D eigenvalue weighted by Gasteiger charge is -2.07. The number of halogens is 2. The summed E-state index contributed by atoms with van der Waals surface area (Å²) in [6.07, 6.45) is 0. The maximum Gasteiger partial charge on any atom is 0.256 e. The molecule has 19 heavy (non-hydrogen) atoms. The van der Waals surface area contributed by atoms with Crippen LogP contribution in [0.2, 0.25) is 5.02 Å². The zero-order valence-electron chi connectivity index (χ0n) is 9.44. The Kier molecular flexibility index (Phi) is 4.43. The number of anilines is 1. The third-order valence-corrected chi connectivity index (χ3v) is 4.45. The summed E-state index contributed by atoms with van der Waals surface area (Å²) in [5.41, 5.74) is 6.39. The summed E-state index contributed by atoms with van der Waals surface area (Å²) >= 11 is 9.58. The Bertz CT molecular complexity index is 657. The molecule has 98 valence electrons. The molecule has 0 bridgehead atoms. The molecule has 0 aliphatic heterocycles. The van der Waals surface area contributed by atoms with E-state index in [2.05, 4.69) is 27.9 Å². The van der Waals surface area contributed by atoms with Gasteiger partial charge >= 0.3 is 0 Å². The van der Waals surface area contributed by atoms with Crippen LogP contribution in [0.3, 0.4) is 0 Å². The molecule has 0 aliphatic carbocycles. The normalized spacial score (nSPS) is 10.2. The summed E-state index contributed by atoms with van der Waals surface area (Å²) in [6.45, 7) is 0. The number of thiophene rings is 1. The summed E-state index contributed by atoms with van der Waals surface area (Å²) in [4.78, 5) is 23.1. The van der Waals surface area contributed by atoms with Crippen LogP contribution in [0.4, 0.5) is 5.69 Å². The van der Waals surface area contributed by atoms with Crippen LogP contribution in [0.1, 0.15) is 20.7 Å². The first-order valence-electron chi connectivity index (χ1n) is 5.12. The number of hydrogen-bond donors (Lipinski definition) is 2. The van der Waals surface area contributed by atoms with Crippen LogP contribution in [-0.4, -0.2) is 11.8 Å². The minimum atomic E-state index is -0.572. The van der Waals surface area contributed by atoms with E-state index in [1.807, 2.05) is 0 Å². The van der Waals surface area contributed by atoms with Crippen molar-refractivity contribution in [3.05, 3.63) is 48.7 Å². The molecular formula is C12H8ClIN2O2S. The second-order valence-corrected chi connectivity index (χ2v) is 6.87. The van der Waals surface area contributed by atoms with Crippen molar-refractivity contribution in [3.8, 4) is 0 Å². The number of rotatable bonds is 3. The van der Waals surface area contributed by atoms with Crippen molar-refractivity contribution in [3.63, 3.8) is 0 Å². The number of carbonyl (C=O) groups is 2. The average Bonchev–Trinajstić information content (AvgIpc) is 2.78. The summed E-state index contributed by atoms with van der Waals surface area (Å²) in [5.74, 6) is -0.847. The van der Waals surface area contributed by atoms with Crippen molar-refractivity contribution in [2.24, 2.45) is 5.73 Å². The number of primary amides is 1. The maximum absolute atomic E-state index is 12.0. The first-order chi connectivity index (χ1) is 8.97. The highest BCUT2D eigenvalue weighted by Crippen LogP contribution is 2.24. The van der Waals surface area contributed by atoms with E-state index in [0.29, 0.717) is 21.8 Å². The molecule has 4 nitrogen and oxygen atoms in total. The topological polar surface area (TPSA) is 72.2 Å². The van der Waals surface area contributed by atoms with E-state index in [1.165, 1.54) is 29.5 Å². The average molecular weight is 407 g/mol. The van der Waals surface area contributed by atoms with Gasteiger partial charge in [0.25, 0.3) is 5.91 Å². The van der Waals surface area contributed by atoms with Gasteiger partial charge in [0.2, 0.25) is 5.91 Å². The molecular weight excluding hydrogens is 399 g/mol. The molecule has 2 rings (SSSR count). The van der Waals surface area contributed by atoms with Gasteiger partial charge in [0.15, 0.2) is 0 Å². The third-order valence-electron chi connectivity index (χ3n) is 2.33. The lowest BCUT2D eigenvalue weighted by molar-refractivity contribution is 0.0996. The molecule has 1 heterocycles. The van der Waals surface area contributed by atoms with Crippen LogP contribution in [0.15, 0.2) is 29.6 Å². The highest BCUT2D eigenvalue weighted by molar-refractivity contribution is 14.1. The second-order valence-electron chi connectivity index (χ2n) is 3.65. The van der Waals surface area contributed by atoms with Gasteiger partial charge in [0, 0.05) is 10.9 Å². The first-order valence-corrected chi connectivity index (χ1v) is 7.46. The lowest BCUT2D eigenvalue weighted by atomic mass is 10.2. The molecule has 1 aromatic heterocycles. The Morgan fingerprint density at radius 3 is 2.58 bits per heavy atom. The molecule has 7 heteroatoms. The number of hydrogen-bond acceptors (Lipinski definition) is 3. The van der Waals surface area contributed by atoms with Crippen molar-refractivity contribution < 1.29 is 9.59 Å². The van der Waals surface area contributed by atoms with Crippen LogP contribution in [0.25, 0.3) is 0 Å². The van der Waals surface area contributed by atoms with E-state index in [-0.39, 0.29) is 5.91 Å². The molecule has 2 amide bonds. The Morgan fingerprint density at radius 1 is 1.26 bits per heavy atom. The van der Waals surface area contributed by atoms with Crippen LogP contribution < -0.4 is 11.1 Å². The summed E-state index contributed by atoms with van der Waals surface area (Å²) in [7, 11) is 0. The fraction of sp³-hybridized carbons (Fsp3) is 0. The van der Waals surface area contributed by atoms with Gasteiger partial charge in [-0.2, -0.15) is 0 Å². The van der Waals surface area contributed by atoms with E-state index < -0.39 is 5.91 Å². The molecule has 0 saturated heterocycles. The van der Waals surface area contributed by atoms with Crippen LogP contribution in [0, 0.1) is 2.88 Å². The van der Waals surface area contributed by atoms with Gasteiger partial charge < -0.3 is 11.1 Å². The van der Waals surface area contributed by atoms with E-state index >= 15 is 0 Å². The van der Waals surface area contributed by atoms with Crippen molar-refractivity contribution >= 4 is 63.0 Å². The molecule has 0 unspecified atom stereocenters. The number of nitrogens with one attached hydrogen (secondary N) is 1. The standard InChI is InChI=1S/C12H8ClIN2O2S/c13-8-2-1-6(11(15)17)3-9(8)16-12(18)7-4-10(14)19-5-7/h1-5H,(H2,15,17)(H,16,18). The Labute approximate surface area is 132 Å². The van der Waals surface area contributed by atoms with Gasteiger partial charge in [-0.25, -0.2) is 0 Å². The molecule has 0 spiro atoms. The van der Waals surface area contributed by atoms with Crippen molar-refractivity contribution in [2.75, 3.05) is 5.32 Å². The highest BCUT2D eigenvalue weighted by Gasteiger charge is 2.12. The number of benzene rings is 1. The summed E-state index contributed by atoms with van der Waals surface area (Å²) in [5, 5.41) is 4.76. The minimum absolute atomic E-state index is 0.275. The van der Waals surface area contributed by atoms with E-state index in [1.54, 1.807) is 11.4 Å². The summed E-state index contributed by atoms with van der Waals surface area (Å²) in [6, 6.07) is 6.26. The number of carbonyl (C=O) groups excluding carboxylic acids is 2. The lowest BCUT2D eigenvalue weighted by Crippen LogP contribution is -2.14. The van der Waals surface area contributed by atoms with Crippen LogP contribution in [0.5, 0.6) is 0 Å². The summed E-state index contributed by atoms with van der Waals surface area (Å²) < 4.78 is 1.01. The molecule has 3 N–H and O–H groups in total. The van der Waals surface area contributed by atoms with E-state index in [9.17, 15) is 9.59 Å². The Balaban J connectivity index is 2.25. The van der Waals surface area contributed by atoms with Crippen LogP contribution in [-0.2, 0) is 0 Å². The van der Waals surface area contributed by atoms with Gasteiger partial charge in [-0.15, -0.1) is 11.3 Å². The fourth-order valence-electron chi connectivity index (χ4n) is 1.40. The molecule has 0 radical (unpaired) electrons. The molecule has 0 atom stereocenters. The SMILES string of the molecule is NC(=O)c1ccc(Cl)c(NC(=O)c2csc(I)c2)c1. The van der Waals surface area contributed by atoms with Crippen molar-refractivity contribution in [1.82, 2.24) is 0 Å². The van der Waals surface area contributed by atoms with Crippen molar-refractivity contribution in [1.29, 1.82) is 0 Å². The second kappa shape index (κ2) is 5.89. The fourth-order valence-corrected chi connectivity index (χ4v) is 2.89. The molecule has 0 saturated carbocycles. The largest absolute Gasteiger partial charge is 0.366 e. The molecule has 0 aliphatic rings. The number of nitrogens with two attached hydrogens (primary N) is 1. The zero-order valence-corrected chi connectivity index (χ0v) is 13.2. The Hall–Kier alpha value is -1.12. The molecule has 1 aromatic carbocycles. The van der Waals surface area contributed by atoms with Gasteiger partial charge in [-0.1, -0.05) is 11.6 Å². The van der Waals surface area contributed by atoms with Gasteiger partial charge in [-0.05, 0) is 46.9 Å². The third kappa shape index (κ3) is 3.46. The Morgan fingerprint density at radius 2 is 2.00 bits per heavy atom. The first kappa shape index (κ1) is 14.3. The maximum atomic E-state index is 12.0. The van der Waals surface area contributed by atoms with E-state index in [4.69, 9.17) is 17.3 Å². The number of amides is 2. The predicted molar refractivity (Wildman–Crippen MR) is 85.0 cm³/mol. The van der Waals surface area contributed by atoms with Gasteiger partial charge in [0.05, 0.1) is 19.2 Å². The predicted octanol–water partition coefficient (Wildman–Crippen LogP) is 3.36. The quantitative estimate of drug-likeness (QED) is 0.767. The smallest absolute Gasteiger partial charge is 0.256 e. The van der Waals surface area contributed by atoms with E-state index in [0.717, 1.165) is 2.88 Å². The van der Waals surface area contributed by atoms with Crippen molar-refractivity contribution in [2.45, 2.75) is 0 Å². The minimum Gasteiger partial charge on any atom is -0.366 e. The van der Waals surface area contributed by atoms with Gasteiger partial charge in [-0.3, -0.25) is 9.59 Å².